The van der Waals surface area contributed by atoms with Crippen LogP contribution in [0.1, 0.15) is 61.5 Å². The van der Waals surface area contributed by atoms with Crippen molar-refractivity contribution in [3.8, 4) is 5.82 Å². The van der Waals surface area contributed by atoms with E-state index in [1.807, 2.05) is 0 Å². The number of anilines is 3. The second kappa shape index (κ2) is 15.5. The maximum atomic E-state index is 15.4. The zero-order valence-corrected chi connectivity index (χ0v) is 29.5. The van der Waals surface area contributed by atoms with Crippen LogP contribution < -0.4 is 21.1 Å². The molecule has 17 nitrogen and oxygen atoms in total. The number of ether oxygens (including phenoxy) is 2. The zero-order valence-electron chi connectivity index (χ0n) is 28.8. The van der Waals surface area contributed by atoms with Gasteiger partial charge in [-0.3, -0.25) is 19.2 Å². The third-order valence-corrected chi connectivity index (χ3v) is 8.75. The number of nitrogens with one attached hydrogen (secondary N) is 3. The molecule has 55 heavy (non-hydrogen) atoms. The first-order valence-electron chi connectivity index (χ1n) is 16.0. The summed E-state index contributed by atoms with van der Waals surface area (Å²) in [5.41, 5.74) is -0.541. The number of hydrazine groups is 1. The van der Waals surface area contributed by atoms with Gasteiger partial charge in [-0.25, -0.2) is 34.4 Å². The van der Waals surface area contributed by atoms with Gasteiger partial charge in [0.15, 0.2) is 11.5 Å². The first kappa shape index (κ1) is 38.3. The number of methoxy groups -OCH3 is 2. The Kier molecular flexibility index (Phi) is 10.8. The molecule has 1 aliphatic rings. The smallest absolute Gasteiger partial charge is 0.416 e. The normalized spacial score (nSPS) is 15.7. The van der Waals surface area contributed by atoms with Crippen LogP contribution in [0.5, 0.6) is 0 Å². The molecule has 0 bridgehead atoms. The Morgan fingerprint density at radius 3 is 2.29 bits per heavy atom. The molecule has 2 amide bonds. The van der Waals surface area contributed by atoms with E-state index >= 15 is 4.39 Å². The third-order valence-electron chi connectivity index (χ3n) is 8.36. The predicted octanol–water partition coefficient (Wildman–Crippen LogP) is 4.51. The third kappa shape index (κ3) is 7.92. The maximum Gasteiger partial charge on any atom is 0.416 e. The minimum atomic E-state index is -5.03. The number of hydrogen-bond donors (Lipinski definition) is 3. The molecule has 0 aliphatic carbocycles. The maximum absolute atomic E-state index is 15.4. The molecule has 0 radical (unpaired) electrons. The highest BCUT2D eigenvalue weighted by atomic mass is 35.5. The number of nitrogens with zero attached hydrogens (tertiary/aromatic N) is 8. The quantitative estimate of drug-likeness (QED) is 0.139. The summed E-state index contributed by atoms with van der Waals surface area (Å²) >= 11 is 6.19. The van der Waals surface area contributed by atoms with Gasteiger partial charge >= 0.3 is 18.1 Å². The molecule has 5 aromatic rings. The van der Waals surface area contributed by atoms with Crippen molar-refractivity contribution in [1.29, 1.82) is 0 Å². The van der Waals surface area contributed by atoms with E-state index in [4.69, 9.17) is 16.3 Å². The largest absolute Gasteiger partial charge is 0.465 e. The summed E-state index contributed by atoms with van der Waals surface area (Å²) in [5.74, 6) is -5.87. The van der Waals surface area contributed by atoms with Crippen LogP contribution in [0.3, 0.4) is 0 Å². The highest BCUT2D eigenvalue weighted by Crippen LogP contribution is 2.36. The summed E-state index contributed by atoms with van der Waals surface area (Å²) in [5, 5.41) is 14.4. The van der Waals surface area contributed by atoms with E-state index in [1.165, 1.54) is 59.9 Å². The molecule has 1 aliphatic heterocycles. The van der Waals surface area contributed by atoms with E-state index in [9.17, 15) is 32.3 Å². The molecule has 286 valence electrons. The van der Waals surface area contributed by atoms with Crippen molar-refractivity contribution in [3.05, 3.63) is 101 Å². The van der Waals surface area contributed by atoms with Crippen molar-refractivity contribution >= 4 is 52.5 Å². The summed E-state index contributed by atoms with van der Waals surface area (Å²) in [6.07, 6.45) is 3.58. The van der Waals surface area contributed by atoms with Crippen LogP contribution in [0.25, 0.3) is 5.82 Å². The number of pyridine rings is 1. The molecule has 22 heteroatoms. The fourth-order valence-electron chi connectivity index (χ4n) is 5.64. The molecular weight excluding hydrogens is 758 g/mol. The highest BCUT2D eigenvalue weighted by Gasteiger charge is 2.39. The van der Waals surface area contributed by atoms with Crippen molar-refractivity contribution in [2.24, 2.45) is 0 Å². The van der Waals surface area contributed by atoms with Crippen LogP contribution in [0.2, 0.25) is 5.02 Å². The minimum Gasteiger partial charge on any atom is -0.465 e. The average molecular weight is 786 g/mol. The molecule has 2 atom stereocenters. The van der Waals surface area contributed by atoms with Crippen molar-refractivity contribution in [3.63, 3.8) is 0 Å². The van der Waals surface area contributed by atoms with Gasteiger partial charge in [0.2, 0.25) is 5.91 Å². The number of carbonyl (C=O) groups excluding carboxylic acids is 4. The fourth-order valence-corrected chi connectivity index (χ4v) is 5.79. The Bertz CT molecular complexity index is 2270. The highest BCUT2D eigenvalue weighted by molar-refractivity contribution is 6.31. The molecule has 2 unspecified atom stereocenters. The number of aromatic nitrogens is 7. The summed E-state index contributed by atoms with van der Waals surface area (Å²) < 4.78 is 68.7. The Balaban J connectivity index is 1.46. The van der Waals surface area contributed by atoms with Gasteiger partial charge in [-0.15, -0.1) is 10.2 Å². The van der Waals surface area contributed by atoms with E-state index in [2.05, 4.69) is 45.9 Å². The first-order chi connectivity index (χ1) is 26.2. The van der Waals surface area contributed by atoms with Gasteiger partial charge in [-0.1, -0.05) is 11.6 Å². The number of carbonyl (C=O) groups is 4. The monoisotopic (exact) mass is 785 g/mol. The number of hydrogen-bond acceptors (Lipinski definition) is 13. The van der Waals surface area contributed by atoms with Gasteiger partial charge in [-0.05, 0) is 38.0 Å². The van der Waals surface area contributed by atoms with Crippen LogP contribution in [-0.2, 0) is 20.4 Å². The van der Waals surface area contributed by atoms with E-state index in [0.717, 1.165) is 14.2 Å². The molecule has 3 N–H and O–H groups in total. The summed E-state index contributed by atoms with van der Waals surface area (Å²) in [6, 6.07) is 1.77. The van der Waals surface area contributed by atoms with E-state index < -0.39 is 70.5 Å². The second-order valence-electron chi connectivity index (χ2n) is 11.8. The van der Waals surface area contributed by atoms with Crippen LogP contribution in [0.15, 0.2) is 61.7 Å². The standard InChI is InChI=1S/C33H28ClF4N11O6/c1-16-20(34)12-19(32(53)55-3)28(41-16)43-30(51)27-23(13-25(44-45-27)48-9-7-40-15-48)49-22(4-5-24(46-49)47-8-6-39-14-47)29(50)42-26-18(31(52)54-2)10-17(11-21(26)35)33(36,37)38/h6-15,22,24,46H,4-5H2,1-3H3,(H,42,50)(H,41,43,51). The van der Waals surface area contributed by atoms with Crippen LogP contribution in [0.4, 0.5) is 34.8 Å². The topological polar surface area (TPSA) is 200 Å². The molecule has 1 aromatic carbocycles. The van der Waals surface area contributed by atoms with Crippen LogP contribution in [0, 0.1) is 12.7 Å². The van der Waals surface area contributed by atoms with Gasteiger partial charge in [0.05, 0.1) is 53.8 Å². The van der Waals surface area contributed by atoms with Crippen molar-refractivity contribution < 1.29 is 46.2 Å². The fraction of sp³-hybridized carbons (Fsp3) is 0.242. The predicted molar refractivity (Wildman–Crippen MR) is 184 cm³/mol. The summed E-state index contributed by atoms with van der Waals surface area (Å²) in [7, 11) is 2.00. The number of halogens is 5. The van der Waals surface area contributed by atoms with Crippen molar-refractivity contribution in [2.75, 3.05) is 29.9 Å². The number of rotatable bonds is 9. The van der Waals surface area contributed by atoms with E-state index in [1.54, 1.807) is 10.8 Å². The van der Waals surface area contributed by atoms with Gasteiger partial charge in [-0.2, -0.15) is 13.2 Å². The second-order valence-corrected chi connectivity index (χ2v) is 12.2. The van der Waals surface area contributed by atoms with E-state index in [-0.39, 0.29) is 52.5 Å². The average Bonchev–Trinajstić information content (AvgIpc) is 3.91. The SMILES string of the molecule is COC(=O)c1cc(Cl)c(C)nc1NC(=O)c1nnc(-n2ccnc2)cc1N1NC(n2ccnc2)CCC1C(=O)Nc1c(F)cc(C(F)(F)F)cc1C(=O)OC. The number of amides is 2. The number of aryl methyl sites for hydroxylation is 1. The Morgan fingerprint density at radius 2 is 1.64 bits per heavy atom. The van der Waals surface area contributed by atoms with Crippen LogP contribution >= 0.6 is 11.6 Å². The summed E-state index contributed by atoms with van der Waals surface area (Å²) in [4.78, 5) is 65.8. The lowest BCUT2D eigenvalue weighted by Crippen LogP contribution is -2.58. The molecule has 0 spiro atoms. The lowest BCUT2D eigenvalue weighted by Gasteiger charge is -2.41. The zero-order chi connectivity index (χ0) is 39.6. The van der Waals surface area contributed by atoms with Gasteiger partial charge in [0, 0.05) is 30.9 Å². The van der Waals surface area contributed by atoms with Crippen LogP contribution in [-0.4, -0.2) is 78.3 Å². The van der Waals surface area contributed by atoms with Gasteiger partial charge < -0.3 is 24.7 Å². The molecular formula is C33H28ClF4N11O6. The Labute approximate surface area is 312 Å². The molecule has 4 aromatic heterocycles. The number of alkyl halides is 3. The molecule has 5 heterocycles. The van der Waals surface area contributed by atoms with Crippen molar-refractivity contribution in [1.82, 2.24) is 39.7 Å². The van der Waals surface area contributed by atoms with Crippen molar-refractivity contribution in [2.45, 2.75) is 38.1 Å². The Hall–Kier alpha value is -6.48. The first-order valence-corrected chi connectivity index (χ1v) is 16.3. The molecule has 1 fully saturated rings. The van der Waals surface area contributed by atoms with E-state index in [0.29, 0.717) is 6.07 Å². The van der Waals surface area contributed by atoms with Gasteiger partial charge in [0.1, 0.15) is 35.7 Å². The number of esters is 2. The lowest BCUT2D eigenvalue weighted by atomic mass is 10.0. The Morgan fingerprint density at radius 1 is 0.927 bits per heavy atom. The lowest BCUT2D eigenvalue weighted by molar-refractivity contribution is -0.137. The minimum absolute atomic E-state index is 0.0221. The number of benzene rings is 1. The van der Waals surface area contributed by atoms with Gasteiger partial charge in [0.25, 0.3) is 5.91 Å². The molecule has 0 saturated carbocycles. The number of imidazole rings is 2. The molecule has 6 rings (SSSR count). The summed E-state index contributed by atoms with van der Waals surface area (Å²) in [6.45, 7) is 1.53. The molecule has 1 saturated heterocycles.